The Hall–Kier alpha value is -4.82. The van der Waals surface area contributed by atoms with Crippen LogP contribution in [-0.2, 0) is 23.9 Å². The largest absolute Gasteiger partial charge is 0.387 e. The monoisotopic (exact) mass is 621 g/mol. The van der Waals surface area contributed by atoms with Crippen molar-refractivity contribution in [3.05, 3.63) is 101 Å². The van der Waals surface area contributed by atoms with Crippen molar-refractivity contribution in [3.63, 3.8) is 0 Å². The van der Waals surface area contributed by atoms with Crippen molar-refractivity contribution in [2.45, 2.75) is 51.0 Å². The average Bonchev–Trinajstić information content (AvgIpc) is 3.59. The summed E-state index contributed by atoms with van der Waals surface area (Å²) in [7, 11) is 0. The molecule has 45 heavy (non-hydrogen) atoms. The maximum Gasteiger partial charge on any atom is 0.346 e. The fourth-order valence-corrected chi connectivity index (χ4v) is 4.11. The number of aryl methyl sites for hydroxylation is 2. The molecule has 2 aromatic carbocycles. The van der Waals surface area contributed by atoms with Gasteiger partial charge in [0.1, 0.15) is 12.1 Å². The zero-order valence-electron chi connectivity index (χ0n) is 24.7. The highest BCUT2D eigenvalue weighted by Gasteiger charge is 2.35. The number of ether oxygens (including phenoxy) is 2. The molecule has 238 valence electrons. The van der Waals surface area contributed by atoms with Crippen molar-refractivity contribution in [2.24, 2.45) is 5.73 Å². The Morgan fingerprint density at radius 3 is 1.51 bits per heavy atom. The molecule has 0 unspecified atom stereocenters. The van der Waals surface area contributed by atoms with Crippen LogP contribution in [0, 0.1) is 13.8 Å². The fraction of sp³-hybridized carbons (Fsp3) is 0.312. The van der Waals surface area contributed by atoms with Crippen LogP contribution in [0.15, 0.2) is 73.1 Å². The number of benzene rings is 2. The van der Waals surface area contributed by atoms with Gasteiger partial charge < -0.3 is 35.4 Å². The third kappa shape index (κ3) is 9.84. The van der Waals surface area contributed by atoms with Crippen LogP contribution in [0.3, 0.4) is 0 Å². The average molecular weight is 622 g/mol. The zero-order chi connectivity index (χ0) is 33.1. The minimum absolute atomic E-state index is 0.0396. The summed E-state index contributed by atoms with van der Waals surface area (Å²) in [6.07, 6.45) is -0.600. The van der Waals surface area contributed by atoms with Gasteiger partial charge in [0, 0.05) is 25.5 Å². The first-order chi connectivity index (χ1) is 21.4. The topological polar surface area (TPSA) is 207 Å². The number of aliphatic hydroxyl groups is 3. The Kier molecular flexibility index (Phi) is 12.6. The smallest absolute Gasteiger partial charge is 0.346 e. The molecule has 1 aliphatic rings. The van der Waals surface area contributed by atoms with E-state index in [1.807, 2.05) is 0 Å². The van der Waals surface area contributed by atoms with Crippen LogP contribution in [0.25, 0.3) is 0 Å². The lowest BCUT2D eigenvalue weighted by Gasteiger charge is -2.23. The van der Waals surface area contributed by atoms with E-state index >= 15 is 0 Å². The Morgan fingerprint density at radius 2 is 1.11 bits per heavy atom. The van der Waals surface area contributed by atoms with E-state index in [2.05, 4.69) is 14.5 Å². The van der Waals surface area contributed by atoms with Gasteiger partial charge in [-0.15, -0.1) is 0 Å². The van der Waals surface area contributed by atoms with E-state index in [0.29, 0.717) is 5.56 Å². The van der Waals surface area contributed by atoms with E-state index in [1.54, 1.807) is 67.5 Å². The minimum Gasteiger partial charge on any atom is -0.387 e. The molecule has 1 aromatic heterocycles. The number of carbonyl (C=O) groups is 5. The highest BCUT2D eigenvalue weighted by atomic mass is 16.6. The van der Waals surface area contributed by atoms with Crippen LogP contribution in [0.2, 0.25) is 0 Å². The maximum atomic E-state index is 12.0. The molecule has 1 amide bonds. The van der Waals surface area contributed by atoms with Crippen molar-refractivity contribution in [1.82, 2.24) is 9.88 Å². The minimum atomic E-state index is -2.41. The summed E-state index contributed by atoms with van der Waals surface area (Å²) in [5, 5.41) is 29.5. The second-order valence-electron chi connectivity index (χ2n) is 10.3. The van der Waals surface area contributed by atoms with Crippen LogP contribution < -0.4 is 5.73 Å². The number of esters is 4. The van der Waals surface area contributed by atoms with Gasteiger partial charge >= 0.3 is 23.9 Å². The van der Waals surface area contributed by atoms with Gasteiger partial charge in [0.15, 0.2) is 12.2 Å². The number of carbonyl (C=O) groups excluding carboxylic acids is 5. The number of amides is 1. The third-order valence-electron chi connectivity index (χ3n) is 6.83. The van der Waals surface area contributed by atoms with E-state index in [-0.39, 0.29) is 17.0 Å². The molecule has 2 heterocycles. The first-order valence-corrected chi connectivity index (χ1v) is 14.0. The number of nitrogens with zero attached hydrogens (tertiary/aromatic N) is 2. The molecule has 13 nitrogen and oxygen atoms in total. The van der Waals surface area contributed by atoms with Gasteiger partial charge in [-0.2, -0.15) is 0 Å². The summed E-state index contributed by atoms with van der Waals surface area (Å²) in [6.45, 7) is 5.08. The summed E-state index contributed by atoms with van der Waals surface area (Å²) in [4.78, 5) is 64.8. The molecule has 13 heteroatoms. The van der Waals surface area contributed by atoms with Crippen molar-refractivity contribution < 1.29 is 48.8 Å². The van der Waals surface area contributed by atoms with Crippen LogP contribution >= 0.6 is 0 Å². The highest BCUT2D eigenvalue weighted by Crippen LogP contribution is 2.18. The Morgan fingerprint density at radius 1 is 0.711 bits per heavy atom. The van der Waals surface area contributed by atoms with E-state index in [1.165, 1.54) is 24.3 Å². The number of nitrogens with two attached hydrogens (primary N) is 1. The van der Waals surface area contributed by atoms with Gasteiger partial charge in [-0.05, 0) is 68.7 Å². The second-order valence-corrected chi connectivity index (χ2v) is 10.3. The fourth-order valence-electron chi connectivity index (χ4n) is 4.11. The number of hydrogen-bond acceptors (Lipinski definition) is 12. The molecule has 0 saturated carbocycles. The molecule has 0 aliphatic carbocycles. The molecule has 3 aromatic rings. The van der Waals surface area contributed by atoms with Crippen molar-refractivity contribution in [2.75, 3.05) is 13.1 Å². The van der Waals surface area contributed by atoms with Crippen LogP contribution in [0.4, 0.5) is 0 Å². The van der Waals surface area contributed by atoms with Gasteiger partial charge in [-0.1, -0.05) is 35.4 Å². The number of pyridine rings is 1. The standard InChI is InChI=1S/C20H18O8.C12H17N3O2/c1-11-3-7-13(8-4-11)17(23)27-19(25)15(21)16(22)20(26)28-18(24)14-9-5-12(2)6-10-14;13-10(12(17)15-7-1-2-8-15)11(16)9-3-5-14-6-4-9/h3-10,15-16,21-22H,1-2H3;3-6,10-11,16H,1-2,7-8,13H2/t15-,16-;10-,11+/m11/s1. The van der Waals surface area contributed by atoms with Crippen LogP contribution in [-0.4, -0.2) is 86.3 Å². The zero-order valence-corrected chi connectivity index (χ0v) is 24.7. The molecule has 4 rings (SSSR count). The van der Waals surface area contributed by atoms with E-state index < -0.39 is 48.2 Å². The highest BCUT2D eigenvalue weighted by molar-refractivity contribution is 6.01. The molecule has 1 fully saturated rings. The number of hydrogen-bond donors (Lipinski definition) is 4. The summed E-state index contributed by atoms with van der Waals surface area (Å²) < 4.78 is 8.86. The van der Waals surface area contributed by atoms with E-state index in [0.717, 1.165) is 37.1 Å². The van der Waals surface area contributed by atoms with Gasteiger partial charge in [0.05, 0.1) is 11.1 Å². The normalized spacial score (nSPS) is 15.0. The van der Waals surface area contributed by atoms with Crippen LogP contribution in [0.5, 0.6) is 0 Å². The Bertz CT molecular complexity index is 1400. The van der Waals surface area contributed by atoms with Gasteiger partial charge in [-0.3, -0.25) is 9.78 Å². The van der Waals surface area contributed by atoms with Gasteiger partial charge in [-0.25, -0.2) is 19.2 Å². The molecular formula is C32H35N3O10. The molecule has 1 saturated heterocycles. The predicted octanol–water partition coefficient (Wildman–Crippen LogP) is 1.16. The number of aromatic nitrogens is 1. The van der Waals surface area contributed by atoms with Gasteiger partial charge in [0.2, 0.25) is 5.91 Å². The van der Waals surface area contributed by atoms with Crippen molar-refractivity contribution in [3.8, 4) is 0 Å². The summed E-state index contributed by atoms with van der Waals surface area (Å²) in [5.74, 6) is -5.43. The molecule has 0 spiro atoms. The summed E-state index contributed by atoms with van der Waals surface area (Å²) >= 11 is 0. The van der Waals surface area contributed by atoms with E-state index in [9.17, 15) is 39.3 Å². The second kappa shape index (κ2) is 16.3. The third-order valence-corrected chi connectivity index (χ3v) is 6.83. The molecule has 0 bridgehead atoms. The predicted molar refractivity (Wildman–Crippen MR) is 158 cm³/mol. The molecular weight excluding hydrogens is 586 g/mol. The summed E-state index contributed by atoms with van der Waals surface area (Å²) in [5.41, 5.74) is 8.26. The lowest BCUT2D eigenvalue weighted by Crippen LogP contribution is -2.45. The number of likely N-dealkylation sites (tertiary alicyclic amines) is 1. The van der Waals surface area contributed by atoms with Crippen molar-refractivity contribution >= 4 is 29.8 Å². The first-order valence-electron chi connectivity index (χ1n) is 14.0. The van der Waals surface area contributed by atoms with Gasteiger partial charge in [0.25, 0.3) is 0 Å². The molecule has 0 radical (unpaired) electrons. The number of rotatable bonds is 8. The lowest BCUT2D eigenvalue weighted by atomic mass is 10.0. The Labute approximate surface area is 259 Å². The first kappa shape index (κ1) is 34.7. The summed E-state index contributed by atoms with van der Waals surface area (Å²) in [6, 6.07) is 14.5. The Balaban J connectivity index is 0.000000276. The quantitative estimate of drug-likeness (QED) is 0.206. The SMILES string of the molecule is Cc1ccc(C(=O)OC(=O)[C@H](O)[C@@H](O)C(=O)OC(=O)c2ccc(C)cc2)cc1.N[C@@H](C(=O)N1CCCC1)[C@@H](O)c1ccncc1. The van der Waals surface area contributed by atoms with Crippen LogP contribution in [0.1, 0.15) is 56.4 Å². The van der Waals surface area contributed by atoms with E-state index in [4.69, 9.17) is 5.73 Å². The molecule has 4 atom stereocenters. The van der Waals surface area contributed by atoms with Crippen molar-refractivity contribution in [1.29, 1.82) is 0 Å². The maximum absolute atomic E-state index is 12.0. The lowest BCUT2D eigenvalue weighted by molar-refractivity contribution is -0.166. The molecule has 5 N–H and O–H groups in total. The molecule has 1 aliphatic heterocycles. The number of aliphatic hydroxyl groups excluding tert-OH is 3.